The summed E-state index contributed by atoms with van der Waals surface area (Å²) in [4.78, 5) is 16.5. The van der Waals surface area contributed by atoms with Gasteiger partial charge < -0.3 is 14.8 Å². The number of aromatic hydroxyl groups is 1. The van der Waals surface area contributed by atoms with E-state index in [0.29, 0.717) is 18.0 Å². The second-order valence-electron chi connectivity index (χ2n) is 6.85. The summed E-state index contributed by atoms with van der Waals surface area (Å²) in [7, 11) is 0. The number of nitrogens with one attached hydrogen (secondary N) is 1. The van der Waals surface area contributed by atoms with Crippen molar-refractivity contribution in [2.75, 3.05) is 5.32 Å². The molecule has 2 rings (SSSR count). The van der Waals surface area contributed by atoms with Gasteiger partial charge in [-0.15, -0.1) is 0 Å². The number of carbonyl (C=O) groups is 1. The predicted molar refractivity (Wildman–Crippen MR) is 89.7 cm³/mol. The lowest BCUT2D eigenvalue weighted by Crippen LogP contribution is -2.12. The molecule has 2 aromatic rings. The summed E-state index contributed by atoms with van der Waals surface area (Å²) in [6.45, 7) is 9.90. The van der Waals surface area contributed by atoms with Gasteiger partial charge in [-0.3, -0.25) is 4.79 Å². The minimum Gasteiger partial charge on any atom is -0.506 e. The van der Waals surface area contributed by atoms with Crippen LogP contribution in [-0.2, 0) is 16.6 Å². The number of phenols is 1. The average Bonchev–Trinajstić information content (AvgIpc) is 2.82. The second-order valence-corrected chi connectivity index (χ2v) is 6.85. The Balaban J connectivity index is 2.00. The molecule has 0 fully saturated rings. The van der Waals surface area contributed by atoms with Gasteiger partial charge in [-0.1, -0.05) is 26.8 Å². The van der Waals surface area contributed by atoms with Crippen molar-refractivity contribution < 1.29 is 14.3 Å². The number of rotatable bonds is 4. The first-order valence-corrected chi connectivity index (χ1v) is 7.73. The third-order valence-corrected chi connectivity index (χ3v) is 3.54. The van der Waals surface area contributed by atoms with Crippen LogP contribution >= 0.6 is 0 Å². The molecule has 2 N–H and O–H groups in total. The summed E-state index contributed by atoms with van der Waals surface area (Å²) in [6, 6.07) is 5.10. The van der Waals surface area contributed by atoms with Crippen LogP contribution in [0.25, 0.3) is 0 Å². The standard InChI is InChI=1S/C18H24N2O3/c1-11-6-7-14(21)13(10-11)20-16(22)9-8-15-12(2)19-17(23-15)18(3,4)5/h6-7,10,21H,8-9H2,1-5H3,(H,20,22). The Hall–Kier alpha value is -2.30. The van der Waals surface area contributed by atoms with Crippen molar-refractivity contribution in [2.24, 2.45) is 0 Å². The summed E-state index contributed by atoms with van der Waals surface area (Å²) in [5, 5.41) is 12.5. The lowest BCUT2D eigenvalue weighted by atomic mass is 9.97. The van der Waals surface area contributed by atoms with Crippen molar-refractivity contribution in [3.63, 3.8) is 0 Å². The highest BCUT2D eigenvalue weighted by Crippen LogP contribution is 2.26. The molecule has 23 heavy (non-hydrogen) atoms. The zero-order chi connectivity index (χ0) is 17.2. The van der Waals surface area contributed by atoms with Crippen LogP contribution < -0.4 is 5.32 Å². The predicted octanol–water partition coefficient (Wildman–Crippen LogP) is 3.87. The number of carbonyl (C=O) groups excluding carboxylic acids is 1. The second kappa shape index (κ2) is 6.44. The van der Waals surface area contributed by atoms with Crippen LogP contribution in [0.1, 0.15) is 50.1 Å². The first kappa shape index (κ1) is 17.1. The molecule has 0 bridgehead atoms. The van der Waals surface area contributed by atoms with E-state index in [9.17, 15) is 9.90 Å². The Morgan fingerprint density at radius 1 is 1.30 bits per heavy atom. The van der Waals surface area contributed by atoms with Gasteiger partial charge in [0.1, 0.15) is 11.5 Å². The third-order valence-electron chi connectivity index (χ3n) is 3.54. The summed E-state index contributed by atoms with van der Waals surface area (Å²) in [6.07, 6.45) is 0.750. The first-order valence-electron chi connectivity index (χ1n) is 7.73. The molecule has 1 aromatic heterocycles. The molecule has 0 saturated carbocycles. The molecule has 0 atom stereocenters. The van der Waals surface area contributed by atoms with Gasteiger partial charge in [0.25, 0.3) is 0 Å². The van der Waals surface area contributed by atoms with Crippen LogP contribution in [0.5, 0.6) is 5.75 Å². The first-order chi connectivity index (χ1) is 10.7. The number of hydrogen-bond donors (Lipinski definition) is 2. The number of benzene rings is 1. The number of oxazole rings is 1. The molecule has 1 aromatic carbocycles. The van der Waals surface area contributed by atoms with E-state index in [-0.39, 0.29) is 23.5 Å². The Kier molecular flexibility index (Phi) is 4.78. The van der Waals surface area contributed by atoms with Gasteiger partial charge in [-0.25, -0.2) is 4.98 Å². The molecular weight excluding hydrogens is 292 g/mol. The van der Waals surface area contributed by atoms with Crippen molar-refractivity contribution in [1.82, 2.24) is 4.98 Å². The molecule has 1 heterocycles. The number of aryl methyl sites for hydroxylation is 3. The molecule has 5 heteroatoms. The number of nitrogens with zero attached hydrogens (tertiary/aromatic N) is 1. The number of amides is 1. The number of anilines is 1. The molecule has 5 nitrogen and oxygen atoms in total. The van der Waals surface area contributed by atoms with Crippen molar-refractivity contribution in [2.45, 2.75) is 52.9 Å². The zero-order valence-electron chi connectivity index (χ0n) is 14.4. The maximum absolute atomic E-state index is 12.1. The molecule has 1 amide bonds. The van der Waals surface area contributed by atoms with Gasteiger partial charge in [-0.2, -0.15) is 0 Å². The molecule has 0 unspecified atom stereocenters. The van der Waals surface area contributed by atoms with E-state index in [1.165, 1.54) is 0 Å². The Bertz CT molecular complexity index is 712. The van der Waals surface area contributed by atoms with Gasteiger partial charge in [0.05, 0.1) is 11.4 Å². The van der Waals surface area contributed by atoms with Crippen LogP contribution in [0.4, 0.5) is 5.69 Å². The maximum Gasteiger partial charge on any atom is 0.224 e. The highest BCUT2D eigenvalue weighted by molar-refractivity contribution is 5.92. The highest BCUT2D eigenvalue weighted by Gasteiger charge is 2.22. The molecule has 0 aliphatic heterocycles. The highest BCUT2D eigenvalue weighted by atomic mass is 16.4. The van der Waals surface area contributed by atoms with E-state index in [4.69, 9.17) is 4.42 Å². The molecule has 124 valence electrons. The van der Waals surface area contributed by atoms with Gasteiger partial charge in [0.15, 0.2) is 5.89 Å². The summed E-state index contributed by atoms with van der Waals surface area (Å²) in [5.74, 6) is 1.31. The molecular formula is C18H24N2O3. The fraction of sp³-hybridized carbons (Fsp3) is 0.444. The Morgan fingerprint density at radius 2 is 2.00 bits per heavy atom. The van der Waals surface area contributed by atoms with Crippen molar-refractivity contribution in [1.29, 1.82) is 0 Å². The van der Waals surface area contributed by atoms with Gasteiger partial charge in [-0.05, 0) is 31.5 Å². The van der Waals surface area contributed by atoms with E-state index in [0.717, 1.165) is 17.0 Å². The third kappa shape index (κ3) is 4.34. The number of hydrogen-bond acceptors (Lipinski definition) is 4. The lowest BCUT2D eigenvalue weighted by Gasteiger charge is -2.12. The van der Waals surface area contributed by atoms with Crippen LogP contribution in [0.2, 0.25) is 0 Å². The largest absolute Gasteiger partial charge is 0.506 e. The average molecular weight is 316 g/mol. The van der Waals surface area contributed by atoms with E-state index < -0.39 is 0 Å². The minimum absolute atomic E-state index is 0.0646. The van der Waals surface area contributed by atoms with Gasteiger partial charge in [0, 0.05) is 18.3 Å². The smallest absolute Gasteiger partial charge is 0.224 e. The van der Waals surface area contributed by atoms with Crippen molar-refractivity contribution in [3.8, 4) is 5.75 Å². The van der Waals surface area contributed by atoms with Gasteiger partial charge >= 0.3 is 0 Å². The molecule has 0 saturated heterocycles. The summed E-state index contributed by atoms with van der Waals surface area (Å²) < 4.78 is 5.78. The molecule has 0 radical (unpaired) electrons. The van der Waals surface area contributed by atoms with Crippen molar-refractivity contribution in [3.05, 3.63) is 41.1 Å². The Labute approximate surface area is 136 Å². The fourth-order valence-electron chi connectivity index (χ4n) is 2.17. The van der Waals surface area contributed by atoms with Gasteiger partial charge in [0.2, 0.25) is 5.91 Å². The molecule has 0 aliphatic carbocycles. The fourth-order valence-corrected chi connectivity index (χ4v) is 2.17. The monoisotopic (exact) mass is 316 g/mol. The SMILES string of the molecule is Cc1ccc(O)c(NC(=O)CCc2oc(C(C)(C)C)nc2C)c1. The lowest BCUT2D eigenvalue weighted by molar-refractivity contribution is -0.116. The topological polar surface area (TPSA) is 75.4 Å². The van der Waals surface area contributed by atoms with Crippen LogP contribution in [0, 0.1) is 13.8 Å². The molecule has 0 spiro atoms. The Morgan fingerprint density at radius 3 is 2.61 bits per heavy atom. The van der Waals surface area contributed by atoms with Crippen LogP contribution in [0.3, 0.4) is 0 Å². The minimum atomic E-state index is -0.168. The van der Waals surface area contributed by atoms with Crippen LogP contribution in [0.15, 0.2) is 22.6 Å². The van der Waals surface area contributed by atoms with Crippen molar-refractivity contribution >= 4 is 11.6 Å². The van der Waals surface area contributed by atoms with E-state index in [1.54, 1.807) is 18.2 Å². The summed E-state index contributed by atoms with van der Waals surface area (Å²) >= 11 is 0. The summed E-state index contributed by atoms with van der Waals surface area (Å²) in [5.41, 5.74) is 2.07. The quantitative estimate of drug-likeness (QED) is 0.840. The van der Waals surface area contributed by atoms with Crippen LogP contribution in [-0.4, -0.2) is 16.0 Å². The number of phenolic OH excluding ortho intramolecular Hbond substituents is 1. The normalized spacial score (nSPS) is 11.5. The molecule has 0 aliphatic rings. The van der Waals surface area contributed by atoms with E-state index in [1.807, 2.05) is 34.6 Å². The van der Waals surface area contributed by atoms with E-state index in [2.05, 4.69) is 10.3 Å². The maximum atomic E-state index is 12.1. The van der Waals surface area contributed by atoms with E-state index >= 15 is 0 Å². The zero-order valence-corrected chi connectivity index (χ0v) is 14.4. The number of aromatic nitrogens is 1.